The quantitative estimate of drug-likeness (QED) is 0.792. The lowest BCUT2D eigenvalue weighted by molar-refractivity contribution is -0.118. The molecule has 24 heavy (non-hydrogen) atoms. The Morgan fingerprint density at radius 2 is 1.96 bits per heavy atom. The zero-order valence-electron chi connectivity index (χ0n) is 13.7. The Balaban J connectivity index is 1.72. The van der Waals surface area contributed by atoms with Gasteiger partial charge in [0.1, 0.15) is 11.6 Å². The number of para-hydroxylation sites is 1. The van der Waals surface area contributed by atoms with Gasteiger partial charge in [0.15, 0.2) is 0 Å². The lowest BCUT2D eigenvalue weighted by atomic mass is 10.2. The third kappa shape index (κ3) is 5.39. The van der Waals surface area contributed by atoms with Gasteiger partial charge in [0.25, 0.3) is 0 Å². The summed E-state index contributed by atoms with van der Waals surface area (Å²) in [5.74, 6) is -0.197. The molecule has 0 fully saturated rings. The van der Waals surface area contributed by atoms with Crippen LogP contribution in [-0.2, 0) is 20.9 Å². The first-order valence-electron chi connectivity index (χ1n) is 7.53. The number of anilines is 2. The highest BCUT2D eigenvalue weighted by Gasteiger charge is 2.12. The van der Waals surface area contributed by atoms with Crippen LogP contribution in [0.4, 0.5) is 10.8 Å². The molecule has 0 spiro atoms. The van der Waals surface area contributed by atoms with E-state index in [0.29, 0.717) is 29.6 Å². The van der Waals surface area contributed by atoms with Crippen molar-refractivity contribution in [3.8, 4) is 0 Å². The molecule has 2 aromatic rings. The van der Waals surface area contributed by atoms with E-state index in [1.54, 1.807) is 19.1 Å². The van der Waals surface area contributed by atoms with Crippen LogP contribution < -0.4 is 10.2 Å². The highest BCUT2D eigenvalue weighted by atomic mass is 32.1. The summed E-state index contributed by atoms with van der Waals surface area (Å²) in [4.78, 5) is 25.6. The number of benzene rings is 1. The zero-order valence-corrected chi connectivity index (χ0v) is 14.5. The number of amides is 2. The highest BCUT2D eigenvalue weighted by molar-refractivity contribution is 7.15. The van der Waals surface area contributed by atoms with Gasteiger partial charge in [-0.05, 0) is 18.6 Å². The van der Waals surface area contributed by atoms with E-state index in [1.165, 1.54) is 11.3 Å². The predicted octanol–water partition coefficient (Wildman–Crippen LogP) is 2.46. The minimum absolute atomic E-state index is 0.0210. The molecule has 0 unspecified atom stereocenters. The summed E-state index contributed by atoms with van der Waals surface area (Å²) in [6.07, 6.45) is 1.04. The summed E-state index contributed by atoms with van der Waals surface area (Å²) in [6, 6.07) is 9.41. The van der Waals surface area contributed by atoms with Crippen molar-refractivity contribution >= 4 is 34.0 Å². The first-order chi connectivity index (χ1) is 11.6. The van der Waals surface area contributed by atoms with Crippen LogP contribution in [0.2, 0.25) is 0 Å². The van der Waals surface area contributed by atoms with Crippen molar-refractivity contribution in [3.63, 3.8) is 0 Å². The summed E-state index contributed by atoms with van der Waals surface area (Å²) in [6.45, 7) is 0.369. The fourth-order valence-electron chi connectivity index (χ4n) is 2.03. The number of carbonyl (C=O) groups is 2. The Bertz CT molecular complexity index is 675. The fourth-order valence-corrected chi connectivity index (χ4v) is 2.76. The lowest BCUT2D eigenvalue weighted by Gasteiger charge is -2.16. The van der Waals surface area contributed by atoms with Gasteiger partial charge in [-0.2, -0.15) is 0 Å². The van der Waals surface area contributed by atoms with Gasteiger partial charge in [-0.25, -0.2) is 0 Å². The summed E-state index contributed by atoms with van der Waals surface area (Å²) in [7, 11) is 3.30. The van der Waals surface area contributed by atoms with E-state index < -0.39 is 0 Å². The molecule has 128 valence electrons. The maximum Gasteiger partial charge on any atom is 0.226 e. The van der Waals surface area contributed by atoms with Crippen molar-refractivity contribution in [2.45, 2.75) is 25.9 Å². The van der Waals surface area contributed by atoms with Gasteiger partial charge in [0.05, 0.1) is 0 Å². The number of methoxy groups -OCH3 is 1. The SMILES string of the molecule is COCc1nnc(NC(=O)CCCC(=O)N(C)c2ccccc2)s1. The Labute approximate surface area is 144 Å². The molecule has 0 radical (unpaired) electrons. The molecule has 1 aromatic carbocycles. The van der Waals surface area contributed by atoms with E-state index in [9.17, 15) is 9.59 Å². The minimum atomic E-state index is -0.176. The molecule has 0 atom stereocenters. The number of aromatic nitrogens is 2. The number of ether oxygens (including phenoxy) is 1. The van der Waals surface area contributed by atoms with Crippen molar-refractivity contribution in [3.05, 3.63) is 35.3 Å². The van der Waals surface area contributed by atoms with Crippen molar-refractivity contribution in [2.75, 3.05) is 24.4 Å². The van der Waals surface area contributed by atoms with Gasteiger partial charge in [0.2, 0.25) is 16.9 Å². The van der Waals surface area contributed by atoms with Crippen molar-refractivity contribution in [1.29, 1.82) is 0 Å². The molecule has 0 saturated carbocycles. The Hall–Kier alpha value is -2.32. The minimum Gasteiger partial charge on any atom is -0.377 e. The van der Waals surface area contributed by atoms with Gasteiger partial charge in [-0.15, -0.1) is 10.2 Å². The molecule has 0 aliphatic rings. The second kappa shape index (κ2) is 9.09. The smallest absolute Gasteiger partial charge is 0.226 e. The molecule has 2 rings (SSSR count). The molecule has 0 aliphatic carbocycles. The molecule has 8 heteroatoms. The molecule has 0 saturated heterocycles. The monoisotopic (exact) mass is 348 g/mol. The van der Waals surface area contributed by atoms with Crippen LogP contribution in [0.1, 0.15) is 24.3 Å². The van der Waals surface area contributed by atoms with Gasteiger partial charge < -0.3 is 15.0 Å². The predicted molar refractivity (Wildman–Crippen MR) is 93.0 cm³/mol. The summed E-state index contributed by atoms with van der Waals surface area (Å²) in [5, 5.41) is 11.6. The maximum atomic E-state index is 12.1. The van der Waals surface area contributed by atoms with Gasteiger partial charge in [-0.1, -0.05) is 29.5 Å². The normalized spacial score (nSPS) is 10.4. The summed E-state index contributed by atoms with van der Waals surface area (Å²) in [5.41, 5.74) is 0.839. The van der Waals surface area contributed by atoms with Gasteiger partial charge in [-0.3, -0.25) is 9.59 Å². The van der Waals surface area contributed by atoms with E-state index in [0.717, 1.165) is 5.69 Å². The number of nitrogens with zero attached hydrogens (tertiary/aromatic N) is 3. The van der Waals surface area contributed by atoms with E-state index in [4.69, 9.17) is 4.74 Å². The van der Waals surface area contributed by atoms with E-state index in [1.807, 2.05) is 30.3 Å². The van der Waals surface area contributed by atoms with Crippen LogP contribution in [0.3, 0.4) is 0 Å². The Kier molecular flexibility index (Phi) is 6.83. The molecule has 1 heterocycles. The molecule has 0 aliphatic heterocycles. The number of carbonyl (C=O) groups excluding carboxylic acids is 2. The van der Waals surface area contributed by atoms with Gasteiger partial charge in [0, 0.05) is 32.7 Å². The summed E-state index contributed by atoms with van der Waals surface area (Å²) >= 11 is 1.27. The van der Waals surface area contributed by atoms with Crippen LogP contribution in [0.25, 0.3) is 0 Å². The lowest BCUT2D eigenvalue weighted by Crippen LogP contribution is -2.26. The van der Waals surface area contributed by atoms with Crippen LogP contribution in [0, 0.1) is 0 Å². The molecular weight excluding hydrogens is 328 g/mol. The van der Waals surface area contributed by atoms with Crippen molar-refractivity contribution < 1.29 is 14.3 Å². The molecule has 1 N–H and O–H groups in total. The number of hydrogen-bond donors (Lipinski definition) is 1. The average molecular weight is 348 g/mol. The highest BCUT2D eigenvalue weighted by Crippen LogP contribution is 2.17. The zero-order chi connectivity index (χ0) is 17.4. The number of rotatable bonds is 8. The van der Waals surface area contributed by atoms with Crippen molar-refractivity contribution in [2.24, 2.45) is 0 Å². The van der Waals surface area contributed by atoms with E-state index >= 15 is 0 Å². The third-order valence-corrected chi connectivity index (χ3v) is 4.11. The van der Waals surface area contributed by atoms with E-state index in [-0.39, 0.29) is 18.2 Å². The van der Waals surface area contributed by atoms with Gasteiger partial charge >= 0.3 is 0 Å². The van der Waals surface area contributed by atoms with Crippen LogP contribution >= 0.6 is 11.3 Å². The topological polar surface area (TPSA) is 84.4 Å². The molecule has 1 aromatic heterocycles. The Morgan fingerprint density at radius 1 is 1.21 bits per heavy atom. The van der Waals surface area contributed by atoms with E-state index in [2.05, 4.69) is 15.5 Å². The molecule has 2 amide bonds. The van der Waals surface area contributed by atoms with Crippen molar-refractivity contribution in [1.82, 2.24) is 10.2 Å². The fraction of sp³-hybridized carbons (Fsp3) is 0.375. The molecule has 7 nitrogen and oxygen atoms in total. The van der Waals surface area contributed by atoms with Crippen LogP contribution in [0.15, 0.2) is 30.3 Å². The number of nitrogens with one attached hydrogen (secondary N) is 1. The number of hydrogen-bond acceptors (Lipinski definition) is 6. The third-order valence-electron chi connectivity index (χ3n) is 3.29. The van der Waals surface area contributed by atoms with Crippen LogP contribution in [-0.4, -0.2) is 36.2 Å². The first-order valence-corrected chi connectivity index (χ1v) is 8.34. The second-order valence-corrected chi connectivity index (χ2v) is 6.19. The summed E-state index contributed by atoms with van der Waals surface area (Å²) < 4.78 is 4.95. The largest absolute Gasteiger partial charge is 0.377 e. The molecular formula is C16H20N4O3S. The molecule has 0 bridgehead atoms. The standard InChI is InChI=1S/C16H20N4O3S/c1-20(12-7-4-3-5-8-12)15(22)10-6-9-13(21)17-16-19-18-14(24-16)11-23-2/h3-5,7-8H,6,9-11H2,1-2H3,(H,17,19,21). The average Bonchev–Trinajstić information content (AvgIpc) is 3.02. The first kappa shape index (κ1) is 18.0. The van der Waals surface area contributed by atoms with Crippen LogP contribution in [0.5, 0.6) is 0 Å². The maximum absolute atomic E-state index is 12.1. The Morgan fingerprint density at radius 3 is 2.67 bits per heavy atom. The second-order valence-electron chi connectivity index (χ2n) is 5.12.